The molecule has 0 aliphatic carbocycles. The monoisotopic (exact) mass is 322 g/mol. The van der Waals surface area contributed by atoms with Crippen molar-refractivity contribution < 1.29 is 0 Å². The molecule has 0 rings (SSSR count). The molecule has 0 aromatic heterocycles. The lowest BCUT2D eigenvalue weighted by Crippen LogP contribution is -2.06. The average Bonchev–Trinajstić information content (AvgIpc) is 2.50. The zero-order valence-electron chi connectivity index (χ0n) is 16.4. The summed E-state index contributed by atoms with van der Waals surface area (Å²) in [6, 6.07) is 0. The third-order valence-electron chi connectivity index (χ3n) is 4.17. The fourth-order valence-corrected chi connectivity index (χ4v) is 2.84. The molecule has 0 heterocycles. The summed E-state index contributed by atoms with van der Waals surface area (Å²) in [5, 5.41) is 6.32. The standard InChI is InChI=1S/C21H42N2/c1-5-6-7-8-9-10-11-12-13-14-15-16-17-18-19-20-21(2)22-23(3)4/h12-13H,5-11,14-20H2,1-4H3. The Bertz CT molecular complexity index is 292. The van der Waals surface area contributed by atoms with E-state index in [1.54, 1.807) is 0 Å². The second kappa shape index (κ2) is 17.6. The second-order valence-corrected chi connectivity index (χ2v) is 7.02. The van der Waals surface area contributed by atoms with Crippen molar-refractivity contribution in [3.05, 3.63) is 12.2 Å². The van der Waals surface area contributed by atoms with Crippen LogP contribution in [0.25, 0.3) is 0 Å². The molecule has 2 nitrogen and oxygen atoms in total. The molecule has 0 saturated heterocycles. The first-order valence-electron chi connectivity index (χ1n) is 10.0. The van der Waals surface area contributed by atoms with E-state index in [2.05, 4.69) is 31.1 Å². The molecule has 0 radical (unpaired) electrons. The predicted octanol–water partition coefficient (Wildman–Crippen LogP) is 6.96. The van der Waals surface area contributed by atoms with Gasteiger partial charge in [0.25, 0.3) is 0 Å². The van der Waals surface area contributed by atoms with E-state index in [0.29, 0.717) is 0 Å². The van der Waals surface area contributed by atoms with Gasteiger partial charge in [-0.3, -0.25) is 0 Å². The van der Waals surface area contributed by atoms with Crippen LogP contribution in [0.1, 0.15) is 104 Å². The quantitative estimate of drug-likeness (QED) is 0.130. The minimum atomic E-state index is 1.15. The molecule has 0 amide bonds. The van der Waals surface area contributed by atoms with E-state index in [4.69, 9.17) is 0 Å². The van der Waals surface area contributed by atoms with Crippen molar-refractivity contribution in [3.63, 3.8) is 0 Å². The summed E-state index contributed by atoms with van der Waals surface area (Å²) >= 11 is 0. The summed E-state index contributed by atoms with van der Waals surface area (Å²) in [4.78, 5) is 0. The van der Waals surface area contributed by atoms with Crippen LogP contribution in [0.4, 0.5) is 0 Å². The highest BCUT2D eigenvalue weighted by Crippen LogP contribution is 2.10. The largest absolute Gasteiger partial charge is 0.303 e. The molecule has 0 unspecified atom stereocenters. The van der Waals surface area contributed by atoms with Crippen molar-refractivity contribution in [2.24, 2.45) is 5.10 Å². The molecule has 0 aliphatic rings. The Morgan fingerprint density at radius 2 is 1.22 bits per heavy atom. The first-order chi connectivity index (χ1) is 11.2. The molecule has 0 aromatic rings. The summed E-state index contributed by atoms with van der Waals surface area (Å²) in [7, 11) is 3.98. The Morgan fingerprint density at radius 3 is 1.74 bits per heavy atom. The molecule has 0 saturated carbocycles. The molecule has 136 valence electrons. The van der Waals surface area contributed by atoms with Crippen molar-refractivity contribution in [1.29, 1.82) is 0 Å². The lowest BCUT2D eigenvalue weighted by Gasteiger charge is -2.07. The van der Waals surface area contributed by atoms with E-state index < -0.39 is 0 Å². The van der Waals surface area contributed by atoms with E-state index >= 15 is 0 Å². The van der Waals surface area contributed by atoms with Gasteiger partial charge >= 0.3 is 0 Å². The van der Waals surface area contributed by atoms with Crippen LogP contribution in [0.5, 0.6) is 0 Å². The fourth-order valence-electron chi connectivity index (χ4n) is 2.84. The van der Waals surface area contributed by atoms with Gasteiger partial charge < -0.3 is 5.01 Å². The molecule has 2 heteroatoms. The maximum atomic E-state index is 4.42. The van der Waals surface area contributed by atoms with E-state index in [-0.39, 0.29) is 0 Å². The molecule has 0 bridgehead atoms. The highest BCUT2D eigenvalue weighted by Gasteiger charge is 1.94. The van der Waals surface area contributed by atoms with E-state index in [9.17, 15) is 0 Å². The average molecular weight is 323 g/mol. The summed E-state index contributed by atoms with van der Waals surface area (Å²) in [6.07, 6.45) is 23.7. The molecular formula is C21H42N2. The van der Waals surface area contributed by atoms with Gasteiger partial charge in [0.15, 0.2) is 0 Å². The number of hydrogen-bond donors (Lipinski definition) is 0. The van der Waals surface area contributed by atoms with Crippen LogP contribution in [0, 0.1) is 0 Å². The third kappa shape index (κ3) is 19.2. The van der Waals surface area contributed by atoms with Crippen LogP contribution in [0.3, 0.4) is 0 Å². The first-order valence-corrected chi connectivity index (χ1v) is 10.0. The summed E-state index contributed by atoms with van der Waals surface area (Å²) < 4.78 is 0. The zero-order valence-corrected chi connectivity index (χ0v) is 16.4. The second-order valence-electron chi connectivity index (χ2n) is 7.02. The van der Waals surface area contributed by atoms with Gasteiger partial charge in [-0.1, -0.05) is 70.4 Å². The van der Waals surface area contributed by atoms with E-state index in [1.165, 1.54) is 89.2 Å². The van der Waals surface area contributed by atoms with Gasteiger partial charge in [0.05, 0.1) is 0 Å². The third-order valence-corrected chi connectivity index (χ3v) is 4.17. The van der Waals surface area contributed by atoms with Crippen molar-refractivity contribution in [2.75, 3.05) is 14.1 Å². The Balaban J connectivity index is 3.22. The summed E-state index contributed by atoms with van der Waals surface area (Å²) in [6.45, 7) is 4.41. The highest BCUT2D eigenvalue weighted by atomic mass is 15.4. The van der Waals surface area contributed by atoms with Gasteiger partial charge in [-0.15, -0.1) is 0 Å². The molecule has 0 aliphatic heterocycles. The minimum absolute atomic E-state index is 1.15. The zero-order chi connectivity index (χ0) is 17.2. The van der Waals surface area contributed by atoms with Gasteiger partial charge in [-0.25, -0.2) is 0 Å². The lowest BCUT2D eigenvalue weighted by atomic mass is 10.1. The first kappa shape index (κ1) is 22.2. The van der Waals surface area contributed by atoms with Crippen LogP contribution >= 0.6 is 0 Å². The molecule has 0 aromatic carbocycles. The van der Waals surface area contributed by atoms with E-state index in [1.807, 2.05) is 19.1 Å². The Hall–Kier alpha value is -0.790. The maximum absolute atomic E-state index is 4.42. The Morgan fingerprint density at radius 1 is 0.739 bits per heavy atom. The van der Waals surface area contributed by atoms with Crippen LogP contribution in [-0.4, -0.2) is 24.8 Å². The van der Waals surface area contributed by atoms with Gasteiger partial charge in [-0.2, -0.15) is 5.10 Å². The Labute approximate surface area is 146 Å². The van der Waals surface area contributed by atoms with Crippen LogP contribution in [0.15, 0.2) is 17.3 Å². The van der Waals surface area contributed by atoms with Crippen molar-refractivity contribution in [1.82, 2.24) is 5.01 Å². The number of nitrogens with zero attached hydrogens (tertiary/aromatic N) is 2. The number of hydrogen-bond acceptors (Lipinski definition) is 2. The summed E-state index contributed by atoms with van der Waals surface area (Å²) in [5.74, 6) is 0. The smallest absolute Gasteiger partial charge is 0.0349 e. The lowest BCUT2D eigenvalue weighted by molar-refractivity contribution is 0.435. The van der Waals surface area contributed by atoms with Gasteiger partial charge in [0.2, 0.25) is 0 Å². The van der Waals surface area contributed by atoms with Gasteiger partial charge in [-0.05, 0) is 45.4 Å². The minimum Gasteiger partial charge on any atom is -0.303 e. The molecular weight excluding hydrogens is 280 g/mol. The number of hydrazone groups is 1. The van der Waals surface area contributed by atoms with Gasteiger partial charge in [0.1, 0.15) is 0 Å². The molecule has 0 atom stereocenters. The normalized spacial score (nSPS) is 12.3. The number of unbranched alkanes of at least 4 members (excludes halogenated alkanes) is 11. The number of allylic oxidation sites excluding steroid dienone is 2. The maximum Gasteiger partial charge on any atom is 0.0349 e. The highest BCUT2D eigenvalue weighted by molar-refractivity contribution is 5.81. The molecule has 23 heavy (non-hydrogen) atoms. The van der Waals surface area contributed by atoms with Crippen molar-refractivity contribution >= 4 is 5.71 Å². The fraction of sp³-hybridized carbons (Fsp3) is 0.857. The predicted molar refractivity (Wildman–Crippen MR) is 106 cm³/mol. The number of rotatable bonds is 16. The van der Waals surface area contributed by atoms with Crippen LogP contribution < -0.4 is 0 Å². The Kier molecular flexibility index (Phi) is 17.0. The molecule has 0 fully saturated rings. The van der Waals surface area contributed by atoms with Crippen LogP contribution in [0.2, 0.25) is 0 Å². The van der Waals surface area contributed by atoms with Crippen molar-refractivity contribution in [2.45, 2.75) is 104 Å². The molecule has 0 spiro atoms. The van der Waals surface area contributed by atoms with Crippen LogP contribution in [-0.2, 0) is 0 Å². The molecule has 0 N–H and O–H groups in total. The van der Waals surface area contributed by atoms with Crippen molar-refractivity contribution in [3.8, 4) is 0 Å². The van der Waals surface area contributed by atoms with E-state index in [0.717, 1.165) is 6.42 Å². The van der Waals surface area contributed by atoms with Gasteiger partial charge in [0, 0.05) is 19.8 Å². The topological polar surface area (TPSA) is 15.6 Å². The summed E-state index contributed by atoms with van der Waals surface area (Å²) in [5.41, 5.74) is 1.26. The SMILES string of the molecule is CCCCCCCCC=CCCCCCCCC(C)=NN(C)C.